The van der Waals surface area contributed by atoms with Crippen LogP contribution in [0.4, 0.5) is 42.0 Å². The molecular formula is C35H41F3N6O2. The lowest BCUT2D eigenvalue weighted by Crippen LogP contribution is -2.62. The highest BCUT2D eigenvalue weighted by Gasteiger charge is 2.56. The summed E-state index contributed by atoms with van der Waals surface area (Å²) in [6.45, 7) is 7.42. The zero-order valence-corrected chi connectivity index (χ0v) is 26.5. The van der Waals surface area contributed by atoms with E-state index in [1.165, 1.54) is 19.1 Å². The fraction of sp³-hybridized carbons (Fsp3) is 0.514. The van der Waals surface area contributed by atoms with Crippen LogP contribution in [0, 0.1) is 37.0 Å². The molecule has 2 aromatic carbocycles. The lowest BCUT2D eigenvalue weighted by molar-refractivity contribution is -0.142. The monoisotopic (exact) mass is 634 g/mol. The fourth-order valence-electron chi connectivity index (χ4n) is 9.05. The number of nitrogens with one attached hydrogen (secondary N) is 2. The molecule has 46 heavy (non-hydrogen) atoms. The number of hydrogen-bond acceptors (Lipinski definition) is 8. The number of piperazine rings is 1. The van der Waals surface area contributed by atoms with Crippen LogP contribution in [0.1, 0.15) is 48.8 Å². The summed E-state index contributed by atoms with van der Waals surface area (Å²) < 4.78 is 47.4. The Hall–Kier alpha value is -3.86. The molecular weight excluding hydrogens is 593 g/mol. The first kappa shape index (κ1) is 30.8. The number of aromatic nitrogens is 2. The van der Waals surface area contributed by atoms with E-state index in [2.05, 4.69) is 30.4 Å². The second kappa shape index (κ2) is 11.7. The smallest absolute Gasteiger partial charge is 0.421 e. The Labute approximate surface area is 267 Å². The molecule has 11 heteroatoms. The minimum Gasteiger partial charge on any atom is -0.494 e. The molecule has 244 valence electrons. The number of benzene rings is 2. The Morgan fingerprint density at radius 3 is 2.30 bits per heavy atom. The van der Waals surface area contributed by atoms with Crippen molar-refractivity contribution in [3.8, 4) is 5.75 Å². The van der Waals surface area contributed by atoms with Gasteiger partial charge in [0, 0.05) is 61.3 Å². The van der Waals surface area contributed by atoms with E-state index >= 15 is 0 Å². The number of para-hydroxylation sites is 1. The number of carbonyl (C=O) groups is 1. The largest absolute Gasteiger partial charge is 0.494 e. The van der Waals surface area contributed by atoms with Crippen LogP contribution < -0.4 is 20.3 Å². The molecule has 5 fully saturated rings. The molecule has 2 heterocycles. The number of halogens is 3. The number of alkyl halides is 3. The van der Waals surface area contributed by atoms with Crippen molar-refractivity contribution in [2.24, 2.45) is 23.2 Å². The van der Waals surface area contributed by atoms with Crippen molar-refractivity contribution in [3.05, 3.63) is 59.3 Å². The number of ether oxygens (including phenoxy) is 1. The number of rotatable bonds is 8. The summed E-state index contributed by atoms with van der Waals surface area (Å²) in [6, 6.07) is 11.9. The molecule has 0 radical (unpaired) electrons. The summed E-state index contributed by atoms with van der Waals surface area (Å²) in [4.78, 5) is 25.3. The van der Waals surface area contributed by atoms with Crippen molar-refractivity contribution in [1.82, 2.24) is 14.9 Å². The molecule has 2 unspecified atom stereocenters. The first-order valence-electron chi connectivity index (χ1n) is 16.2. The molecule has 3 aromatic rings. The molecule has 4 aliphatic carbocycles. The second-order valence-corrected chi connectivity index (χ2v) is 13.8. The molecule has 1 aromatic heterocycles. The number of nitrogens with zero attached hydrogens (tertiary/aromatic N) is 4. The van der Waals surface area contributed by atoms with Gasteiger partial charge < -0.3 is 25.1 Å². The van der Waals surface area contributed by atoms with Crippen molar-refractivity contribution >= 4 is 35.1 Å². The van der Waals surface area contributed by atoms with Crippen molar-refractivity contribution in [2.45, 2.75) is 58.2 Å². The van der Waals surface area contributed by atoms with Crippen LogP contribution in [0.25, 0.3) is 0 Å². The van der Waals surface area contributed by atoms with Gasteiger partial charge >= 0.3 is 6.18 Å². The van der Waals surface area contributed by atoms with Crippen molar-refractivity contribution in [3.63, 3.8) is 0 Å². The highest BCUT2D eigenvalue weighted by atomic mass is 19.4. The Kier molecular flexibility index (Phi) is 7.85. The predicted molar refractivity (Wildman–Crippen MR) is 172 cm³/mol. The van der Waals surface area contributed by atoms with Crippen LogP contribution >= 0.6 is 0 Å². The Balaban J connectivity index is 1.05. The fourth-order valence-corrected chi connectivity index (χ4v) is 9.05. The number of hydrogen-bond donors (Lipinski definition) is 2. The molecule has 1 saturated heterocycles. The van der Waals surface area contributed by atoms with E-state index in [4.69, 9.17) is 4.74 Å². The van der Waals surface area contributed by atoms with Gasteiger partial charge in [-0.1, -0.05) is 18.2 Å². The van der Waals surface area contributed by atoms with E-state index < -0.39 is 11.7 Å². The Morgan fingerprint density at radius 1 is 0.978 bits per heavy atom. The quantitative estimate of drug-likeness (QED) is 0.254. The topological polar surface area (TPSA) is 82.6 Å². The highest BCUT2D eigenvalue weighted by molar-refractivity contribution is 5.71. The number of methoxy groups -OCH3 is 1. The standard InChI is InChI=1S/C35H41F3N6O2/c1-21-5-4-6-22(2)30(21)41-32-27(35(36,37)38)19-39-33(42-32)40-28-8-7-26(15-29(28)46-3)43-9-11-44(12-10-43)31-24-13-23-14-25(31)18-34(16-23,17-24)20-45/h4-8,15,19-20,23-25,31H,9-14,16-18H2,1-3H3,(H2,39,40,41,42). The molecule has 4 bridgehead atoms. The second-order valence-electron chi connectivity index (χ2n) is 13.8. The van der Waals surface area contributed by atoms with Crippen LogP contribution in [0.15, 0.2) is 42.6 Å². The summed E-state index contributed by atoms with van der Waals surface area (Å²) in [5.41, 5.74) is 2.78. The Morgan fingerprint density at radius 2 is 1.67 bits per heavy atom. The first-order chi connectivity index (χ1) is 22.1. The average Bonchev–Trinajstić information content (AvgIpc) is 3.02. The highest BCUT2D eigenvalue weighted by Crippen LogP contribution is 2.60. The third kappa shape index (κ3) is 5.67. The van der Waals surface area contributed by atoms with Crippen LogP contribution in [0.2, 0.25) is 0 Å². The zero-order valence-electron chi connectivity index (χ0n) is 26.5. The van der Waals surface area contributed by atoms with E-state index in [1.54, 1.807) is 7.11 Å². The van der Waals surface area contributed by atoms with Crippen molar-refractivity contribution in [2.75, 3.05) is 48.8 Å². The lowest BCUT2D eigenvalue weighted by atomic mass is 9.48. The van der Waals surface area contributed by atoms with Crippen LogP contribution in [-0.2, 0) is 11.0 Å². The maximum absolute atomic E-state index is 13.9. The number of aryl methyl sites for hydroxylation is 2. The minimum atomic E-state index is -4.63. The maximum atomic E-state index is 13.9. The van der Waals surface area contributed by atoms with Gasteiger partial charge in [-0.05, 0) is 87.0 Å². The van der Waals surface area contributed by atoms with Gasteiger partial charge in [-0.25, -0.2) is 4.98 Å². The maximum Gasteiger partial charge on any atom is 0.421 e. The summed E-state index contributed by atoms with van der Waals surface area (Å²) in [5.74, 6) is 2.25. The van der Waals surface area contributed by atoms with Gasteiger partial charge in [0.1, 0.15) is 23.4 Å². The molecule has 5 aliphatic rings. The van der Waals surface area contributed by atoms with Crippen molar-refractivity contribution < 1.29 is 22.7 Å². The van der Waals surface area contributed by atoms with Gasteiger partial charge in [0.15, 0.2) is 0 Å². The normalized spacial score (nSPS) is 27.5. The van der Waals surface area contributed by atoms with Crippen molar-refractivity contribution in [1.29, 1.82) is 0 Å². The molecule has 1 aliphatic heterocycles. The lowest BCUT2D eigenvalue weighted by Gasteiger charge is -2.61. The van der Waals surface area contributed by atoms with E-state index in [9.17, 15) is 18.0 Å². The Bertz CT molecular complexity index is 1590. The molecule has 8 nitrogen and oxygen atoms in total. The first-order valence-corrected chi connectivity index (χ1v) is 16.2. The summed E-state index contributed by atoms with van der Waals surface area (Å²) in [6.07, 6.45) is 3.22. The van der Waals surface area contributed by atoms with Gasteiger partial charge in [-0.3, -0.25) is 4.90 Å². The van der Waals surface area contributed by atoms with E-state index in [0.717, 1.165) is 74.4 Å². The molecule has 0 amide bonds. The van der Waals surface area contributed by atoms with E-state index in [1.807, 2.05) is 50.2 Å². The van der Waals surface area contributed by atoms with E-state index in [-0.39, 0.29) is 17.2 Å². The van der Waals surface area contributed by atoms with Gasteiger partial charge in [-0.2, -0.15) is 18.2 Å². The molecule has 2 atom stereocenters. The summed E-state index contributed by atoms with van der Waals surface area (Å²) in [7, 11) is 1.57. The SMILES string of the molecule is COc1cc(N2CCN(C3C4CC5CC3CC(C=O)(C5)C4)CC2)ccc1Nc1ncc(C(F)(F)F)c(Nc2c(C)cccc2C)n1. The zero-order chi connectivity index (χ0) is 32.2. The third-order valence-electron chi connectivity index (χ3n) is 10.9. The summed E-state index contributed by atoms with van der Waals surface area (Å²) in [5, 5.41) is 5.97. The molecule has 4 saturated carbocycles. The number of aldehydes is 1. The number of carbonyl (C=O) groups excluding carboxylic acids is 1. The molecule has 2 N–H and O–H groups in total. The van der Waals surface area contributed by atoms with Gasteiger partial charge in [-0.15, -0.1) is 0 Å². The average molecular weight is 635 g/mol. The van der Waals surface area contributed by atoms with Gasteiger partial charge in [0.05, 0.1) is 12.8 Å². The van der Waals surface area contributed by atoms with Gasteiger partial charge in [0.25, 0.3) is 0 Å². The molecule has 8 rings (SSSR count). The molecule has 0 spiro atoms. The third-order valence-corrected chi connectivity index (χ3v) is 10.9. The van der Waals surface area contributed by atoms with E-state index in [0.29, 0.717) is 35.0 Å². The van der Waals surface area contributed by atoms with Crippen LogP contribution in [-0.4, -0.2) is 60.5 Å². The minimum absolute atomic E-state index is 0.0217. The van der Waals surface area contributed by atoms with Gasteiger partial charge in [0.2, 0.25) is 5.95 Å². The summed E-state index contributed by atoms with van der Waals surface area (Å²) >= 11 is 0. The number of anilines is 5. The van der Waals surface area contributed by atoms with Crippen LogP contribution in [0.3, 0.4) is 0 Å². The van der Waals surface area contributed by atoms with Crippen LogP contribution in [0.5, 0.6) is 5.75 Å². The predicted octanol–water partition coefficient (Wildman–Crippen LogP) is 7.12.